The van der Waals surface area contributed by atoms with Crippen molar-refractivity contribution >= 4 is 12.1 Å². The van der Waals surface area contributed by atoms with Crippen molar-refractivity contribution in [3.63, 3.8) is 0 Å². The Morgan fingerprint density at radius 2 is 1.43 bits per heavy atom. The minimum atomic E-state index is -0.348. The molecule has 1 rings (SSSR count). The van der Waals surface area contributed by atoms with Crippen LogP contribution in [0.2, 0.25) is 0 Å². The van der Waals surface area contributed by atoms with Crippen LogP contribution in [0.25, 0.3) is 0 Å². The first-order chi connectivity index (χ1) is 13.1. The summed E-state index contributed by atoms with van der Waals surface area (Å²) in [6, 6.07) is 7.71. The number of rotatable bonds is 10. The summed E-state index contributed by atoms with van der Waals surface area (Å²) < 4.78 is 11.1. The van der Waals surface area contributed by atoms with E-state index in [0.29, 0.717) is 12.0 Å². The third kappa shape index (κ3) is 7.91. The molecule has 0 aromatic heterocycles. The van der Waals surface area contributed by atoms with E-state index < -0.39 is 0 Å². The van der Waals surface area contributed by atoms with Crippen LogP contribution in [0, 0.1) is 0 Å². The summed E-state index contributed by atoms with van der Waals surface area (Å²) in [5.74, 6) is -0.348. The summed E-state index contributed by atoms with van der Waals surface area (Å²) in [5, 5.41) is 0. The molecule has 0 aliphatic rings. The standard InChI is InChI=1S/C23H37NO4/c1-8-9-10-20-11-13-21(14-12-20)22(25)27-18(6)15-19(7)28-23(26)24(16(2)3)17(4)5/h11-14,16-19H,8-10,15H2,1-7H3. The SMILES string of the molecule is CCCCc1ccc(C(=O)OC(C)CC(C)OC(=O)N(C(C)C)C(C)C)cc1. The van der Waals surface area contributed by atoms with E-state index in [1.807, 2.05) is 65.8 Å². The normalized spacial score (nSPS) is 13.3. The second-order valence-electron chi connectivity index (χ2n) is 8.04. The molecule has 2 unspecified atom stereocenters. The monoisotopic (exact) mass is 391 g/mol. The lowest BCUT2D eigenvalue weighted by Gasteiger charge is -2.31. The average Bonchev–Trinajstić information content (AvgIpc) is 2.59. The van der Waals surface area contributed by atoms with Crippen LogP contribution >= 0.6 is 0 Å². The number of ether oxygens (including phenoxy) is 2. The van der Waals surface area contributed by atoms with Gasteiger partial charge in [-0.05, 0) is 72.1 Å². The van der Waals surface area contributed by atoms with Gasteiger partial charge in [0.1, 0.15) is 12.2 Å². The molecular weight excluding hydrogens is 354 g/mol. The number of carbonyl (C=O) groups is 2. The zero-order valence-electron chi connectivity index (χ0n) is 18.5. The van der Waals surface area contributed by atoms with Gasteiger partial charge in [0, 0.05) is 18.5 Å². The van der Waals surface area contributed by atoms with Gasteiger partial charge >= 0.3 is 12.1 Å². The zero-order chi connectivity index (χ0) is 21.3. The number of unbranched alkanes of at least 4 members (excludes halogenated alkanes) is 1. The molecule has 0 heterocycles. The van der Waals surface area contributed by atoms with Crippen molar-refractivity contribution in [1.82, 2.24) is 4.90 Å². The number of nitrogens with zero attached hydrogens (tertiary/aromatic N) is 1. The molecule has 1 aromatic rings. The van der Waals surface area contributed by atoms with Gasteiger partial charge in [0.05, 0.1) is 5.56 Å². The maximum absolute atomic E-state index is 12.4. The maximum Gasteiger partial charge on any atom is 0.410 e. The quantitative estimate of drug-likeness (QED) is 0.487. The van der Waals surface area contributed by atoms with E-state index in [-0.39, 0.29) is 36.4 Å². The largest absolute Gasteiger partial charge is 0.459 e. The van der Waals surface area contributed by atoms with Crippen molar-refractivity contribution in [1.29, 1.82) is 0 Å². The van der Waals surface area contributed by atoms with Crippen molar-refractivity contribution in [2.75, 3.05) is 0 Å². The molecule has 5 heteroatoms. The number of amides is 1. The van der Waals surface area contributed by atoms with Crippen LogP contribution in [0.5, 0.6) is 0 Å². The minimum absolute atomic E-state index is 0.0650. The van der Waals surface area contributed by atoms with E-state index in [2.05, 4.69) is 6.92 Å². The first-order valence-electron chi connectivity index (χ1n) is 10.4. The van der Waals surface area contributed by atoms with Gasteiger partial charge in [-0.1, -0.05) is 25.5 Å². The highest BCUT2D eigenvalue weighted by Gasteiger charge is 2.24. The molecule has 0 spiro atoms. The van der Waals surface area contributed by atoms with Crippen LogP contribution in [0.3, 0.4) is 0 Å². The lowest BCUT2D eigenvalue weighted by Crippen LogP contribution is -2.43. The topological polar surface area (TPSA) is 55.8 Å². The van der Waals surface area contributed by atoms with Crippen molar-refractivity contribution in [3.05, 3.63) is 35.4 Å². The Bertz CT molecular complexity index is 602. The van der Waals surface area contributed by atoms with Crippen molar-refractivity contribution in [2.24, 2.45) is 0 Å². The molecule has 2 atom stereocenters. The summed E-state index contributed by atoms with van der Waals surface area (Å²) in [6.07, 6.45) is 2.75. The van der Waals surface area contributed by atoms with Gasteiger partial charge in [-0.2, -0.15) is 0 Å². The predicted octanol–water partition coefficient (Wildman–Crippen LogP) is 5.61. The Balaban J connectivity index is 2.52. The molecule has 0 fully saturated rings. The Morgan fingerprint density at radius 1 is 0.893 bits per heavy atom. The Kier molecular flexibility index (Phi) is 10.0. The van der Waals surface area contributed by atoms with Crippen molar-refractivity contribution in [2.45, 2.75) is 98.4 Å². The van der Waals surface area contributed by atoms with Crippen LogP contribution in [-0.2, 0) is 15.9 Å². The number of benzene rings is 1. The molecule has 0 N–H and O–H groups in total. The fourth-order valence-corrected chi connectivity index (χ4v) is 3.25. The third-order valence-corrected chi connectivity index (χ3v) is 4.61. The van der Waals surface area contributed by atoms with E-state index >= 15 is 0 Å². The molecule has 0 saturated carbocycles. The van der Waals surface area contributed by atoms with E-state index in [9.17, 15) is 9.59 Å². The number of hydrogen-bond donors (Lipinski definition) is 0. The maximum atomic E-state index is 12.4. The molecule has 1 amide bonds. The number of aryl methyl sites for hydroxylation is 1. The predicted molar refractivity (Wildman–Crippen MR) is 113 cm³/mol. The molecule has 0 saturated heterocycles. The second kappa shape index (κ2) is 11.7. The highest BCUT2D eigenvalue weighted by molar-refractivity contribution is 5.89. The molecule has 158 valence electrons. The van der Waals surface area contributed by atoms with Gasteiger partial charge in [0.15, 0.2) is 0 Å². The highest BCUT2D eigenvalue weighted by atomic mass is 16.6. The van der Waals surface area contributed by atoms with E-state index in [0.717, 1.165) is 19.3 Å². The summed E-state index contributed by atoms with van der Waals surface area (Å²) in [7, 11) is 0. The van der Waals surface area contributed by atoms with E-state index in [1.165, 1.54) is 5.56 Å². The number of carbonyl (C=O) groups excluding carboxylic acids is 2. The molecule has 0 bridgehead atoms. The third-order valence-electron chi connectivity index (χ3n) is 4.61. The highest BCUT2D eigenvalue weighted by Crippen LogP contribution is 2.14. The average molecular weight is 392 g/mol. The summed E-state index contributed by atoms with van der Waals surface area (Å²) in [4.78, 5) is 26.4. The lowest BCUT2D eigenvalue weighted by atomic mass is 10.1. The van der Waals surface area contributed by atoms with Gasteiger partial charge in [-0.15, -0.1) is 0 Å². The van der Waals surface area contributed by atoms with E-state index in [1.54, 1.807) is 4.90 Å². The zero-order valence-corrected chi connectivity index (χ0v) is 18.5. The number of esters is 1. The number of hydrogen-bond acceptors (Lipinski definition) is 4. The van der Waals surface area contributed by atoms with Crippen LogP contribution in [-0.4, -0.2) is 41.3 Å². The summed E-state index contributed by atoms with van der Waals surface area (Å²) in [5.41, 5.74) is 1.77. The summed E-state index contributed by atoms with van der Waals surface area (Å²) in [6.45, 7) is 13.7. The van der Waals surface area contributed by atoms with Crippen LogP contribution in [0.15, 0.2) is 24.3 Å². The van der Waals surface area contributed by atoms with Crippen molar-refractivity contribution in [3.8, 4) is 0 Å². The Morgan fingerprint density at radius 3 is 1.93 bits per heavy atom. The minimum Gasteiger partial charge on any atom is -0.459 e. The van der Waals surface area contributed by atoms with Crippen molar-refractivity contribution < 1.29 is 19.1 Å². The molecule has 5 nitrogen and oxygen atoms in total. The molecular formula is C23H37NO4. The fraction of sp³-hybridized carbons (Fsp3) is 0.652. The molecule has 0 aliphatic heterocycles. The van der Waals surface area contributed by atoms with Gasteiger partial charge in [-0.25, -0.2) is 9.59 Å². The van der Waals surface area contributed by atoms with Gasteiger partial charge < -0.3 is 14.4 Å². The Hall–Kier alpha value is -2.04. The first-order valence-corrected chi connectivity index (χ1v) is 10.4. The smallest absolute Gasteiger partial charge is 0.410 e. The molecule has 0 radical (unpaired) electrons. The van der Waals surface area contributed by atoms with Crippen LogP contribution in [0.1, 0.15) is 83.7 Å². The van der Waals surface area contributed by atoms with E-state index in [4.69, 9.17) is 9.47 Å². The van der Waals surface area contributed by atoms with Crippen LogP contribution in [0.4, 0.5) is 4.79 Å². The van der Waals surface area contributed by atoms with Gasteiger partial charge in [0.2, 0.25) is 0 Å². The molecule has 28 heavy (non-hydrogen) atoms. The first kappa shape index (κ1) is 24.0. The van der Waals surface area contributed by atoms with Gasteiger partial charge in [0.25, 0.3) is 0 Å². The fourth-order valence-electron chi connectivity index (χ4n) is 3.25. The van der Waals surface area contributed by atoms with Gasteiger partial charge in [-0.3, -0.25) is 0 Å². The van der Waals surface area contributed by atoms with Crippen LogP contribution < -0.4 is 0 Å². The second-order valence-corrected chi connectivity index (χ2v) is 8.04. The summed E-state index contributed by atoms with van der Waals surface area (Å²) >= 11 is 0. The molecule has 1 aromatic carbocycles. The Labute approximate surface area is 170 Å². The molecule has 0 aliphatic carbocycles. The lowest BCUT2D eigenvalue weighted by molar-refractivity contribution is 0.00974.